The number of hydrogen-bond donors (Lipinski definition) is 1. The third-order valence-electron chi connectivity index (χ3n) is 2.90. The van der Waals surface area contributed by atoms with Crippen LogP contribution in [0.25, 0.3) is 0 Å². The Morgan fingerprint density at radius 1 is 1.22 bits per heavy atom. The number of aryl methyl sites for hydroxylation is 1. The van der Waals surface area contributed by atoms with E-state index < -0.39 is 0 Å². The van der Waals surface area contributed by atoms with E-state index in [-0.39, 0.29) is 6.04 Å². The molecule has 0 aliphatic carbocycles. The van der Waals surface area contributed by atoms with Gasteiger partial charge in [0.05, 0.1) is 11.6 Å². The van der Waals surface area contributed by atoms with Gasteiger partial charge in [0.25, 0.3) is 0 Å². The van der Waals surface area contributed by atoms with E-state index in [4.69, 9.17) is 5.26 Å². The largest absolute Gasteiger partial charge is 0.363 e. The summed E-state index contributed by atoms with van der Waals surface area (Å²) < 4.78 is 0. The van der Waals surface area contributed by atoms with Gasteiger partial charge in [-0.2, -0.15) is 5.26 Å². The van der Waals surface area contributed by atoms with Crippen LogP contribution in [0, 0.1) is 18.3 Å². The molecule has 1 N–H and O–H groups in total. The average Bonchev–Trinajstić information content (AvgIpc) is 2.41. The van der Waals surface area contributed by atoms with Crippen LogP contribution >= 0.6 is 0 Å². The zero-order valence-electron chi connectivity index (χ0n) is 10.5. The molecule has 0 saturated carbocycles. The molecule has 90 valence electrons. The molecule has 0 aliphatic heterocycles. The van der Waals surface area contributed by atoms with Crippen LogP contribution in [0.15, 0.2) is 42.6 Å². The van der Waals surface area contributed by atoms with Crippen LogP contribution in [0.3, 0.4) is 0 Å². The minimum atomic E-state index is 0.159. The van der Waals surface area contributed by atoms with Crippen molar-refractivity contribution in [2.75, 3.05) is 5.32 Å². The van der Waals surface area contributed by atoms with E-state index in [1.807, 2.05) is 43.3 Å². The molecule has 0 aliphatic rings. The Morgan fingerprint density at radius 2 is 1.94 bits per heavy atom. The van der Waals surface area contributed by atoms with Gasteiger partial charge in [-0.05, 0) is 43.2 Å². The van der Waals surface area contributed by atoms with Crippen molar-refractivity contribution in [1.82, 2.24) is 4.98 Å². The predicted molar refractivity (Wildman–Crippen MR) is 72.2 cm³/mol. The highest BCUT2D eigenvalue weighted by molar-refractivity contribution is 5.45. The number of nitrogens with one attached hydrogen (secondary N) is 1. The Bertz CT molecular complexity index is 567. The first-order valence-electron chi connectivity index (χ1n) is 5.89. The summed E-state index contributed by atoms with van der Waals surface area (Å²) in [5.74, 6) is 0.898. The molecule has 1 unspecified atom stereocenters. The standard InChI is InChI=1S/C15H15N3/c1-11-4-3-9-17-15(11)18-12(2)14-7-5-13(10-16)6-8-14/h3-9,12H,1-2H3,(H,17,18). The predicted octanol–water partition coefficient (Wildman–Crippen LogP) is 3.43. The topological polar surface area (TPSA) is 48.7 Å². The SMILES string of the molecule is Cc1cccnc1NC(C)c1ccc(C#N)cc1. The van der Waals surface area contributed by atoms with E-state index in [1.54, 1.807) is 6.20 Å². The lowest BCUT2D eigenvalue weighted by Crippen LogP contribution is -2.08. The van der Waals surface area contributed by atoms with Crippen molar-refractivity contribution in [2.45, 2.75) is 19.9 Å². The summed E-state index contributed by atoms with van der Waals surface area (Å²) in [6, 6.07) is 13.8. The fraction of sp³-hybridized carbons (Fsp3) is 0.200. The first-order valence-corrected chi connectivity index (χ1v) is 5.89. The normalized spacial score (nSPS) is 11.6. The molecule has 3 nitrogen and oxygen atoms in total. The minimum absolute atomic E-state index is 0.159. The van der Waals surface area contributed by atoms with Crippen LogP contribution in [0.2, 0.25) is 0 Å². The van der Waals surface area contributed by atoms with E-state index >= 15 is 0 Å². The maximum atomic E-state index is 8.76. The van der Waals surface area contributed by atoms with E-state index in [0.29, 0.717) is 5.56 Å². The molecule has 1 atom stereocenters. The molecular formula is C15H15N3. The summed E-state index contributed by atoms with van der Waals surface area (Å²) in [5.41, 5.74) is 2.94. The average molecular weight is 237 g/mol. The summed E-state index contributed by atoms with van der Waals surface area (Å²) in [7, 11) is 0. The quantitative estimate of drug-likeness (QED) is 0.889. The van der Waals surface area contributed by atoms with E-state index in [2.05, 4.69) is 23.3 Å². The summed E-state index contributed by atoms with van der Waals surface area (Å²) in [4.78, 5) is 4.31. The van der Waals surface area contributed by atoms with Crippen LogP contribution in [-0.4, -0.2) is 4.98 Å². The van der Waals surface area contributed by atoms with Crippen LogP contribution in [0.4, 0.5) is 5.82 Å². The van der Waals surface area contributed by atoms with Crippen molar-refractivity contribution in [3.05, 3.63) is 59.3 Å². The smallest absolute Gasteiger partial charge is 0.129 e. The van der Waals surface area contributed by atoms with Gasteiger partial charge >= 0.3 is 0 Å². The number of rotatable bonds is 3. The molecule has 0 bridgehead atoms. The van der Waals surface area contributed by atoms with Crippen molar-refractivity contribution >= 4 is 5.82 Å². The molecule has 2 aromatic rings. The lowest BCUT2D eigenvalue weighted by molar-refractivity contribution is 0.871. The molecule has 0 saturated heterocycles. The van der Waals surface area contributed by atoms with Crippen LogP contribution < -0.4 is 5.32 Å². The zero-order valence-corrected chi connectivity index (χ0v) is 10.5. The van der Waals surface area contributed by atoms with Crippen molar-refractivity contribution in [1.29, 1.82) is 5.26 Å². The number of hydrogen-bond acceptors (Lipinski definition) is 3. The zero-order chi connectivity index (χ0) is 13.0. The lowest BCUT2D eigenvalue weighted by atomic mass is 10.1. The summed E-state index contributed by atoms with van der Waals surface area (Å²) >= 11 is 0. The molecule has 0 radical (unpaired) electrons. The molecule has 2 rings (SSSR count). The van der Waals surface area contributed by atoms with Gasteiger partial charge < -0.3 is 5.32 Å². The Kier molecular flexibility index (Phi) is 3.59. The second kappa shape index (κ2) is 5.33. The molecule has 0 amide bonds. The highest BCUT2D eigenvalue weighted by atomic mass is 15.0. The van der Waals surface area contributed by atoms with Gasteiger partial charge in [-0.25, -0.2) is 4.98 Å². The lowest BCUT2D eigenvalue weighted by Gasteiger charge is -2.16. The Hall–Kier alpha value is -2.34. The fourth-order valence-corrected chi connectivity index (χ4v) is 1.77. The summed E-state index contributed by atoms with van der Waals surface area (Å²) in [6.07, 6.45) is 1.78. The maximum Gasteiger partial charge on any atom is 0.129 e. The Balaban J connectivity index is 2.15. The number of pyridine rings is 1. The van der Waals surface area contributed by atoms with Gasteiger partial charge in [0.15, 0.2) is 0 Å². The van der Waals surface area contributed by atoms with Gasteiger partial charge in [0.2, 0.25) is 0 Å². The van der Waals surface area contributed by atoms with E-state index in [0.717, 1.165) is 16.9 Å². The van der Waals surface area contributed by atoms with E-state index in [9.17, 15) is 0 Å². The summed E-state index contributed by atoms with van der Waals surface area (Å²) in [6.45, 7) is 4.11. The molecular weight excluding hydrogens is 222 g/mol. The van der Waals surface area contributed by atoms with Gasteiger partial charge in [0.1, 0.15) is 5.82 Å². The fourth-order valence-electron chi connectivity index (χ4n) is 1.77. The molecule has 1 heterocycles. The van der Waals surface area contributed by atoms with Crippen molar-refractivity contribution in [2.24, 2.45) is 0 Å². The molecule has 1 aromatic heterocycles. The number of nitrogens with zero attached hydrogens (tertiary/aromatic N) is 2. The highest BCUT2D eigenvalue weighted by Crippen LogP contribution is 2.20. The minimum Gasteiger partial charge on any atom is -0.363 e. The van der Waals surface area contributed by atoms with E-state index in [1.165, 1.54) is 0 Å². The van der Waals surface area contributed by atoms with Gasteiger partial charge in [0, 0.05) is 12.2 Å². The molecule has 0 fully saturated rings. The summed E-state index contributed by atoms with van der Waals surface area (Å²) in [5, 5.41) is 12.1. The third kappa shape index (κ3) is 2.67. The van der Waals surface area contributed by atoms with Crippen LogP contribution in [-0.2, 0) is 0 Å². The van der Waals surface area contributed by atoms with Crippen molar-refractivity contribution in [3.8, 4) is 6.07 Å². The first-order chi connectivity index (χ1) is 8.70. The first kappa shape index (κ1) is 12.1. The van der Waals surface area contributed by atoms with Crippen LogP contribution in [0.5, 0.6) is 0 Å². The number of nitriles is 1. The van der Waals surface area contributed by atoms with Crippen molar-refractivity contribution in [3.63, 3.8) is 0 Å². The number of benzene rings is 1. The molecule has 3 heteroatoms. The molecule has 18 heavy (non-hydrogen) atoms. The number of aromatic nitrogens is 1. The molecule has 0 spiro atoms. The Labute approximate surface area is 107 Å². The second-order valence-corrected chi connectivity index (χ2v) is 4.27. The second-order valence-electron chi connectivity index (χ2n) is 4.27. The van der Waals surface area contributed by atoms with Crippen molar-refractivity contribution < 1.29 is 0 Å². The third-order valence-corrected chi connectivity index (χ3v) is 2.90. The Morgan fingerprint density at radius 3 is 2.56 bits per heavy atom. The molecule has 1 aromatic carbocycles. The van der Waals surface area contributed by atoms with Crippen LogP contribution in [0.1, 0.15) is 29.7 Å². The van der Waals surface area contributed by atoms with Gasteiger partial charge in [-0.3, -0.25) is 0 Å². The highest BCUT2D eigenvalue weighted by Gasteiger charge is 2.07. The maximum absolute atomic E-state index is 8.76. The van der Waals surface area contributed by atoms with Gasteiger partial charge in [-0.15, -0.1) is 0 Å². The number of anilines is 1. The van der Waals surface area contributed by atoms with Gasteiger partial charge in [-0.1, -0.05) is 18.2 Å². The monoisotopic (exact) mass is 237 g/mol.